The average molecular weight is 256 g/mol. The minimum atomic E-state index is -1.06. The number of para-hydroxylation sites is 1. The molecule has 0 saturated carbocycles. The molecule has 2 aromatic carbocycles. The molecule has 0 aliphatic rings. The van der Waals surface area contributed by atoms with Crippen molar-refractivity contribution in [2.45, 2.75) is 6.10 Å². The molecule has 0 saturated heterocycles. The lowest BCUT2D eigenvalue weighted by molar-refractivity contribution is -0.154. The predicted octanol–water partition coefficient (Wildman–Crippen LogP) is 2.51. The van der Waals surface area contributed by atoms with Crippen LogP contribution in [0.25, 0.3) is 0 Å². The van der Waals surface area contributed by atoms with Gasteiger partial charge in [0.2, 0.25) is 6.10 Å². The Bertz CT molecular complexity index is 537. The van der Waals surface area contributed by atoms with Gasteiger partial charge in [-0.1, -0.05) is 48.5 Å². The molecule has 0 radical (unpaired) electrons. The van der Waals surface area contributed by atoms with E-state index in [-0.39, 0.29) is 6.47 Å². The summed E-state index contributed by atoms with van der Waals surface area (Å²) in [5, 5.41) is 0. The zero-order valence-electron chi connectivity index (χ0n) is 10.1. The summed E-state index contributed by atoms with van der Waals surface area (Å²) in [5.74, 6) is -0.229. The fraction of sp³-hybridized carbons (Fsp3) is 0.0667. The van der Waals surface area contributed by atoms with Gasteiger partial charge in [-0.2, -0.15) is 0 Å². The molecule has 1 unspecified atom stereocenters. The number of benzene rings is 2. The number of carbonyl (C=O) groups excluding carboxylic acids is 2. The van der Waals surface area contributed by atoms with Gasteiger partial charge in [0.25, 0.3) is 6.47 Å². The van der Waals surface area contributed by atoms with Crippen LogP contribution >= 0.6 is 0 Å². The third-order valence-corrected chi connectivity index (χ3v) is 2.47. The third-order valence-electron chi connectivity index (χ3n) is 2.47. The highest BCUT2D eigenvalue weighted by Gasteiger charge is 2.24. The summed E-state index contributed by atoms with van der Waals surface area (Å²) >= 11 is 0. The highest BCUT2D eigenvalue weighted by molar-refractivity contribution is 5.79. The maximum atomic E-state index is 12.0. The minimum Gasteiger partial charge on any atom is -0.448 e. The molecule has 0 aliphatic carbocycles. The van der Waals surface area contributed by atoms with Crippen molar-refractivity contribution in [2.75, 3.05) is 0 Å². The van der Waals surface area contributed by atoms with Crippen LogP contribution in [-0.2, 0) is 14.3 Å². The lowest BCUT2D eigenvalue weighted by Gasteiger charge is -2.14. The van der Waals surface area contributed by atoms with Crippen LogP contribution in [0.5, 0.6) is 5.75 Å². The summed E-state index contributed by atoms with van der Waals surface area (Å²) in [5.41, 5.74) is 0.565. The average Bonchev–Trinajstić information content (AvgIpc) is 2.46. The van der Waals surface area contributed by atoms with Gasteiger partial charge in [-0.3, -0.25) is 4.79 Å². The first-order chi connectivity index (χ1) is 9.31. The SMILES string of the molecule is O=COC(C(=O)Oc1ccccc1)c1ccccc1. The second-order valence-electron chi connectivity index (χ2n) is 3.76. The Labute approximate surface area is 110 Å². The fourth-order valence-electron chi connectivity index (χ4n) is 1.61. The number of ether oxygens (including phenoxy) is 2. The van der Waals surface area contributed by atoms with Crippen molar-refractivity contribution in [3.63, 3.8) is 0 Å². The normalized spacial score (nSPS) is 11.4. The largest absolute Gasteiger partial charge is 0.448 e. The van der Waals surface area contributed by atoms with E-state index in [0.717, 1.165) is 0 Å². The summed E-state index contributed by atoms with van der Waals surface area (Å²) in [6, 6.07) is 17.3. The number of esters is 1. The molecular weight excluding hydrogens is 244 g/mol. The predicted molar refractivity (Wildman–Crippen MR) is 68.4 cm³/mol. The maximum Gasteiger partial charge on any atom is 0.357 e. The monoisotopic (exact) mass is 256 g/mol. The second-order valence-corrected chi connectivity index (χ2v) is 3.76. The topological polar surface area (TPSA) is 52.6 Å². The van der Waals surface area contributed by atoms with E-state index >= 15 is 0 Å². The van der Waals surface area contributed by atoms with Crippen molar-refractivity contribution in [2.24, 2.45) is 0 Å². The van der Waals surface area contributed by atoms with Gasteiger partial charge >= 0.3 is 5.97 Å². The second kappa shape index (κ2) is 6.35. The third kappa shape index (κ3) is 3.42. The van der Waals surface area contributed by atoms with E-state index in [0.29, 0.717) is 11.3 Å². The lowest BCUT2D eigenvalue weighted by atomic mass is 10.1. The van der Waals surface area contributed by atoms with Gasteiger partial charge in [0, 0.05) is 5.56 Å². The van der Waals surface area contributed by atoms with Crippen LogP contribution in [-0.4, -0.2) is 12.4 Å². The molecule has 0 heterocycles. The van der Waals surface area contributed by atoms with Gasteiger partial charge in [0.05, 0.1) is 0 Å². The summed E-state index contributed by atoms with van der Waals surface area (Å²) in [6.07, 6.45) is -1.06. The number of hydrogen-bond donors (Lipinski definition) is 0. The molecular formula is C15H12O4. The Kier molecular flexibility index (Phi) is 4.29. The van der Waals surface area contributed by atoms with Crippen molar-refractivity contribution < 1.29 is 19.1 Å². The van der Waals surface area contributed by atoms with E-state index in [1.54, 1.807) is 48.5 Å². The highest BCUT2D eigenvalue weighted by Crippen LogP contribution is 2.20. The van der Waals surface area contributed by atoms with Crippen molar-refractivity contribution >= 4 is 12.4 Å². The first-order valence-corrected chi connectivity index (χ1v) is 5.72. The first-order valence-electron chi connectivity index (χ1n) is 5.72. The molecule has 0 amide bonds. The highest BCUT2D eigenvalue weighted by atomic mass is 16.6. The number of carbonyl (C=O) groups is 2. The number of rotatable bonds is 5. The fourth-order valence-corrected chi connectivity index (χ4v) is 1.61. The zero-order valence-corrected chi connectivity index (χ0v) is 10.1. The van der Waals surface area contributed by atoms with E-state index in [9.17, 15) is 9.59 Å². The molecule has 96 valence electrons. The van der Waals surface area contributed by atoms with Gasteiger partial charge in [0.15, 0.2) is 0 Å². The Morgan fingerprint density at radius 2 is 1.53 bits per heavy atom. The van der Waals surface area contributed by atoms with Crippen molar-refractivity contribution in [3.05, 3.63) is 66.2 Å². The molecule has 4 nitrogen and oxygen atoms in total. The van der Waals surface area contributed by atoms with E-state index in [4.69, 9.17) is 9.47 Å². The molecule has 0 aromatic heterocycles. The molecule has 19 heavy (non-hydrogen) atoms. The Balaban J connectivity index is 2.15. The summed E-state index contributed by atoms with van der Waals surface area (Å²) in [7, 11) is 0. The molecule has 4 heteroatoms. The molecule has 0 spiro atoms. The van der Waals surface area contributed by atoms with Gasteiger partial charge in [-0.15, -0.1) is 0 Å². The quantitative estimate of drug-likeness (QED) is 0.468. The Hall–Kier alpha value is -2.62. The molecule has 0 N–H and O–H groups in total. The van der Waals surface area contributed by atoms with Gasteiger partial charge in [-0.25, -0.2) is 4.79 Å². The Morgan fingerprint density at radius 1 is 0.947 bits per heavy atom. The molecule has 0 fully saturated rings. The molecule has 2 rings (SSSR count). The van der Waals surface area contributed by atoms with Crippen molar-refractivity contribution in [1.29, 1.82) is 0 Å². The first kappa shape index (κ1) is 12.8. The van der Waals surface area contributed by atoms with Crippen molar-refractivity contribution in [1.82, 2.24) is 0 Å². The minimum absolute atomic E-state index is 0.240. The van der Waals surface area contributed by atoms with Crippen LogP contribution < -0.4 is 4.74 Å². The van der Waals surface area contributed by atoms with Crippen LogP contribution in [0.4, 0.5) is 0 Å². The molecule has 0 aliphatic heterocycles. The smallest absolute Gasteiger partial charge is 0.357 e. The molecule has 1 atom stereocenters. The summed E-state index contributed by atoms with van der Waals surface area (Å²) < 4.78 is 9.97. The van der Waals surface area contributed by atoms with Gasteiger partial charge < -0.3 is 9.47 Å². The van der Waals surface area contributed by atoms with Gasteiger partial charge in [0.1, 0.15) is 5.75 Å². The van der Waals surface area contributed by atoms with E-state index < -0.39 is 12.1 Å². The van der Waals surface area contributed by atoms with E-state index in [1.165, 1.54) is 0 Å². The number of hydrogen-bond acceptors (Lipinski definition) is 4. The zero-order chi connectivity index (χ0) is 13.5. The Morgan fingerprint density at radius 3 is 2.11 bits per heavy atom. The molecule has 2 aromatic rings. The lowest BCUT2D eigenvalue weighted by Crippen LogP contribution is -2.21. The van der Waals surface area contributed by atoms with Crippen LogP contribution in [0.3, 0.4) is 0 Å². The van der Waals surface area contributed by atoms with Crippen LogP contribution in [0.15, 0.2) is 60.7 Å². The van der Waals surface area contributed by atoms with E-state index in [2.05, 4.69) is 0 Å². The van der Waals surface area contributed by atoms with Crippen molar-refractivity contribution in [3.8, 4) is 5.75 Å². The van der Waals surface area contributed by atoms with Gasteiger partial charge in [-0.05, 0) is 12.1 Å². The van der Waals surface area contributed by atoms with Crippen LogP contribution in [0, 0.1) is 0 Å². The maximum absolute atomic E-state index is 12.0. The van der Waals surface area contributed by atoms with Crippen LogP contribution in [0.1, 0.15) is 11.7 Å². The summed E-state index contributed by atoms with van der Waals surface area (Å²) in [4.78, 5) is 22.5. The summed E-state index contributed by atoms with van der Waals surface area (Å²) in [6.45, 7) is 0.240. The standard InChI is InChI=1S/C15H12O4/c16-11-18-14(12-7-3-1-4-8-12)15(17)19-13-9-5-2-6-10-13/h1-11,14H. The van der Waals surface area contributed by atoms with E-state index in [1.807, 2.05) is 12.1 Å². The molecule has 0 bridgehead atoms. The van der Waals surface area contributed by atoms with Crippen LogP contribution in [0.2, 0.25) is 0 Å².